The first-order chi connectivity index (χ1) is 6.78. The Hall–Kier alpha value is -0.780. The van der Waals surface area contributed by atoms with Crippen LogP contribution in [-0.4, -0.2) is 43.2 Å². The number of hydrogen-bond donors (Lipinski definition) is 1. The standard InChI is InChI=1S/C9H17F3N2O/c1-4-14(3)8(15)7(2)13-6-5-9(10,11)12/h7,13H,4-6H2,1-3H3. The van der Waals surface area contributed by atoms with Crippen LogP contribution >= 0.6 is 0 Å². The first-order valence-corrected chi connectivity index (χ1v) is 4.83. The molecule has 0 saturated carbocycles. The zero-order chi connectivity index (χ0) is 12.1. The molecule has 1 amide bonds. The van der Waals surface area contributed by atoms with Crippen LogP contribution < -0.4 is 5.32 Å². The summed E-state index contributed by atoms with van der Waals surface area (Å²) >= 11 is 0. The molecule has 6 heteroatoms. The van der Waals surface area contributed by atoms with E-state index < -0.39 is 18.6 Å². The lowest BCUT2D eigenvalue weighted by atomic mass is 10.2. The molecule has 0 aromatic carbocycles. The number of halogens is 3. The molecule has 0 rings (SSSR count). The van der Waals surface area contributed by atoms with Crippen molar-refractivity contribution in [2.75, 3.05) is 20.1 Å². The summed E-state index contributed by atoms with van der Waals surface area (Å²) in [4.78, 5) is 12.9. The Kier molecular flexibility index (Phi) is 5.64. The highest BCUT2D eigenvalue weighted by Gasteiger charge is 2.27. The van der Waals surface area contributed by atoms with Crippen molar-refractivity contribution < 1.29 is 18.0 Å². The number of carbonyl (C=O) groups is 1. The van der Waals surface area contributed by atoms with Gasteiger partial charge in [-0.15, -0.1) is 0 Å². The molecule has 0 bridgehead atoms. The topological polar surface area (TPSA) is 32.3 Å². The number of carbonyl (C=O) groups excluding carboxylic acids is 1. The van der Waals surface area contributed by atoms with Gasteiger partial charge in [0.1, 0.15) is 0 Å². The van der Waals surface area contributed by atoms with Gasteiger partial charge in [0.25, 0.3) is 0 Å². The molecule has 1 N–H and O–H groups in total. The van der Waals surface area contributed by atoms with E-state index in [2.05, 4.69) is 5.32 Å². The van der Waals surface area contributed by atoms with E-state index >= 15 is 0 Å². The molecule has 0 fully saturated rings. The Morgan fingerprint density at radius 3 is 2.40 bits per heavy atom. The largest absolute Gasteiger partial charge is 0.390 e. The van der Waals surface area contributed by atoms with Gasteiger partial charge in [0.15, 0.2) is 0 Å². The van der Waals surface area contributed by atoms with E-state index in [0.29, 0.717) is 6.54 Å². The number of amides is 1. The molecular formula is C9H17F3N2O. The zero-order valence-electron chi connectivity index (χ0n) is 9.19. The van der Waals surface area contributed by atoms with E-state index in [1.807, 2.05) is 0 Å². The lowest BCUT2D eigenvalue weighted by Crippen LogP contribution is -2.43. The third-order valence-corrected chi connectivity index (χ3v) is 2.08. The first kappa shape index (κ1) is 14.2. The second kappa shape index (κ2) is 5.95. The number of likely N-dealkylation sites (N-methyl/N-ethyl adjacent to an activating group) is 1. The van der Waals surface area contributed by atoms with Crippen molar-refractivity contribution in [2.24, 2.45) is 0 Å². The molecule has 0 radical (unpaired) electrons. The third kappa shape index (κ3) is 6.33. The van der Waals surface area contributed by atoms with Crippen LogP contribution in [0.5, 0.6) is 0 Å². The molecule has 1 atom stereocenters. The third-order valence-electron chi connectivity index (χ3n) is 2.08. The monoisotopic (exact) mass is 226 g/mol. The van der Waals surface area contributed by atoms with E-state index in [1.54, 1.807) is 20.9 Å². The van der Waals surface area contributed by atoms with Gasteiger partial charge in [-0.3, -0.25) is 4.79 Å². The number of nitrogens with zero attached hydrogens (tertiary/aromatic N) is 1. The summed E-state index contributed by atoms with van der Waals surface area (Å²) < 4.78 is 35.4. The first-order valence-electron chi connectivity index (χ1n) is 4.83. The van der Waals surface area contributed by atoms with E-state index in [9.17, 15) is 18.0 Å². The minimum atomic E-state index is -4.17. The molecule has 1 unspecified atom stereocenters. The van der Waals surface area contributed by atoms with Crippen molar-refractivity contribution in [1.29, 1.82) is 0 Å². The highest BCUT2D eigenvalue weighted by Crippen LogP contribution is 2.18. The summed E-state index contributed by atoms with van der Waals surface area (Å²) in [6.45, 7) is 3.68. The lowest BCUT2D eigenvalue weighted by Gasteiger charge is -2.20. The Balaban J connectivity index is 3.84. The van der Waals surface area contributed by atoms with Crippen molar-refractivity contribution >= 4 is 5.91 Å². The molecule has 0 aromatic rings. The van der Waals surface area contributed by atoms with Gasteiger partial charge in [-0.2, -0.15) is 13.2 Å². The van der Waals surface area contributed by atoms with Gasteiger partial charge in [-0.1, -0.05) is 0 Å². The van der Waals surface area contributed by atoms with Gasteiger partial charge in [0.2, 0.25) is 5.91 Å². The van der Waals surface area contributed by atoms with E-state index in [-0.39, 0.29) is 12.5 Å². The summed E-state index contributed by atoms with van der Waals surface area (Å²) in [5.41, 5.74) is 0. The van der Waals surface area contributed by atoms with Gasteiger partial charge in [-0.05, 0) is 13.8 Å². The fourth-order valence-corrected chi connectivity index (χ4v) is 1.00. The molecule has 0 aliphatic carbocycles. The van der Waals surface area contributed by atoms with E-state index in [1.165, 1.54) is 4.90 Å². The highest BCUT2D eigenvalue weighted by atomic mass is 19.4. The maximum absolute atomic E-state index is 11.8. The highest BCUT2D eigenvalue weighted by molar-refractivity contribution is 5.81. The Bertz CT molecular complexity index is 206. The zero-order valence-corrected chi connectivity index (χ0v) is 9.19. The van der Waals surface area contributed by atoms with Crippen LogP contribution in [0.15, 0.2) is 0 Å². The van der Waals surface area contributed by atoms with Gasteiger partial charge in [-0.25, -0.2) is 0 Å². The summed E-state index contributed by atoms with van der Waals surface area (Å²) in [7, 11) is 1.62. The molecule has 90 valence electrons. The van der Waals surface area contributed by atoms with Crippen molar-refractivity contribution in [2.45, 2.75) is 32.5 Å². The van der Waals surface area contributed by atoms with Crippen LogP contribution in [0, 0.1) is 0 Å². The van der Waals surface area contributed by atoms with Crippen LogP contribution in [0.2, 0.25) is 0 Å². The molecule has 0 aromatic heterocycles. The fourth-order valence-electron chi connectivity index (χ4n) is 1.00. The van der Waals surface area contributed by atoms with Gasteiger partial charge >= 0.3 is 6.18 Å². The molecule has 0 aliphatic heterocycles. The predicted octanol–water partition coefficient (Wildman–Crippen LogP) is 1.40. The van der Waals surface area contributed by atoms with Crippen LogP contribution in [0.1, 0.15) is 20.3 Å². The van der Waals surface area contributed by atoms with Crippen LogP contribution in [0.25, 0.3) is 0 Å². The summed E-state index contributed by atoms with van der Waals surface area (Å²) in [5.74, 6) is -0.195. The molecule has 15 heavy (non-hydrogen) atoms. The SMILES string of the molecule is CCN(C)C(=O)C(C)NCCC(F)(F)F. The maximum atomic E-state index is 11.8. The van der Waals surface area contributed by atoms with E-state index in [0.717, 1.165) is 0 Å². The Labute approximate surface area is 87.6 Å². The second-order valence-electron chi connectivity index (χ2n) is 3.39. The molecule has 0 aliphatic rings. The minimum Gasteiger partial charge on any atom is -0.345 e. The summed E-state index contributed by atoms with van der Waals surface area (Å²) in [5, 5.41) is 2.54. The lowest BCUT2D eigenvalue weighted by molar-refractivity contribution is -0.137. The molecule has 0 heterocycles. The Morgan fingerprint density at radius 2 is 2.00 bits per heavy atom. The molecular weight excluding hydrogens is 209 g/mol. The number of nitrogens with one attached hydrogen (secondary N) is 1. The summed E-state index contributed by atoms with van der Waals surface area (Å²) in [6, 6.07) is -0.572. The minimum absolute atomic E-state index is 0.195. The smallest absolute Gasteiger partial charge is 0.345 e. The molecule has 3 nitrogen and oxygen atoms in total. The van der Waals surface area contributed by atoms with E-state index in [4.69, 9.17) is 0 Å². The molecule has 0 spiro atoms. The number of rotatable bonds is 5. The second-order valence-corrected chi connectivity index (χ2v) is 3.39. The van der Waals surface area contributed by atoms with Crippen LogP contribution in [-0.2, 0) is 4.79 Å². The fraction of sp³-hybridized carbons (Fsp3) is 0.889. The average molecular weight is 226 g/mol. The van der Waals surface area contributed by atoms with Crippen LogP contribution in [0.3, 0.4) is 0 Å². The van der Waals surface area contributed by atoms with Crippen molar-refractivity contribution in [3.05, 3.63) is 0 Å². The number of alkyl halides is 3. The predicted molar refractivity (Wildman–Crippen MR) is 51.4 cm³/mol. The van der Waals surface area contributed by atoms with Crippen molar-refractivity contribution in [1.82, 2.24) is 10.2 Å². The maximum Gasteiger partial charge on any atom is 0.390 e. The summed E-state index contributed by atoms with van der Waals surface area (Å²) in [6.07, 6.45) is -5.09. The van der Waals surface area contributed by atoms with Gasteiger partial charge in [0, 0.05) is 20.1 Å². The van der Waals surface area contributed by atoms with Gasteiger partial charge < -0.3 is 10.2 Å². The normalized spacial score (nSPS) is 13.7. The quantitative estimate of drug-likeness (QED) is 0.768. The average Bonchev–Trinajstić information content (AvgIpc) is 2.13. The molecule has 0 saturated heterocycles. The van der Waals surface area contributed by atoms with Crippen molar-refractivity contribution in [3.8, 4) is 0 Å². The van der Waals surface area contributed by atoms with Crippen molar-refractivity contribution in [3.63, 3.8) is 0 Å². The van der Waals surface area contributed by atoms with Gasteiger partial charge in [0.05, 0.1) is 12.5 Å². The Morgan fingerprint density at radius 1 is 1.47 bits per heavy atom. The number of hydrogen-bond acceptors (Lipinski definition) is 2. The van der Waals surface area contributed by atoms with Crippen LogP contribution in [0.4, 0.5) is 13.2 Å².